The molecule has 3 rings (SSSR count). The summed E-state index contributed by atoms with van der Waals surface area (Å²) in [4.78, 5) is 19.8. The molecule has 0 saturated heterocycles. The molecule has 29 heavy (non-hydrogen) atoms. The molecule has 1 aromatic heterocycles. The van der Waals surface area contributed by atoms with Gasteiger partial charge in [-0.1, -0.05) is 42.8 Å². The Morgan fingerprint density at radius 1 is 1.24 bits per heavy atom. The van der Waals surface area contributed by atoms with Gasteiger partial charge in [0.2, 0.25) is 0 Å². The molecule has 152 valence electrons. The van der Waals surface area contributed by atoms with Crippen LogP contribution in [0.2, 0.25) is 5.02 Å². The lowest BCUT2D eigenvalue weighted by Crippen LogP contribution is -2.38. The molecule has 0 saturated carbocycles. The number of thiazole rings is 1. The molecular formula is C23H25ClN2O2S. The third-order valence-corrected chi connectivity index (χ3v) is 5.96. The highest BCUT2D eigenvalue weighted by molar-refractivity contribution is 7.09. The van der Waals surface area contributed by atoms with Gasteiger partial charge in [-0.3, -0.25) is 4.79 Å². The molecule has 3 aromatic rings. The summed E-state index contributed by atoms with van der Waals surface area (Å²) in [5.41, 5.74) is 2.61. The van der Waals surface area contributed by atoms with Gasteiger partial charge in [-0.15, -0.1) is 11.3 Å². The number of halogens is 1. The summed E-state index contributed by atoms with van der Waals surface area (Å²) < 4.78 is 5.78. The van der Waals surface area contributed by atoms with Crippen LogP contribution in [-0.4, -0.2) is 21.8 Å². The number of aromatic nitrogens is 1. The molecule has 0 bridgehead atoms. The van der Waals surface area contributed by atoms with Crippen molar-refractivity contribution < 1.29 is 9.53 Å². The van der Waals surface area contributed by atoms with Gasteiger partial charge < -0.3 is 9.64 Å². The van der Waals surface area contributed by atoms with Crippen LogP contribution in [0.5, 0.6) is 5.75 Å². The van der Waals surface area contributed by atoms with E-state index in [0.29, 0.717) is 23.9 Å². The van der Waals surface area contributed by atoms with Crippen LogP contribution in [0.3, 0.4) is 0 Å². The Hall–Kier alpha value is -2.37. The summed E-state index contributed by atoms with van der Waals surface area (Å²) in [5, 5.41) is 3.51. The normalized spacial score (nSPS) is 11.9. The molecule has 6 heteroatoms. The first-order valence-electron chi connectivity index (χ1n) is 9.66. The fraction of sp³-hybridized carbons (Fsp3) is 0.304. The molecule has 1 amide bonds. The number of hydrogen-bond acceptors (Lipinski definition) is 4. The molecule has 1 unspecified atom stereocenters. The maximum Gasteiger partial charge on any atom is 0.254 e. The molecule has 0 spiro atoms. The van der Waals surface area contributed by atoms with Crippen LogP contribution < -0.4 is 4.74 Å². The van der Waals surface area contributed by atoms with Gasteiger partial charge in [-0.05, 0) is 50.1 Å². The lowest BCUT2D eigenvalue weighted by Gasteiger charge is -2.28. The fourth-order valence-electron chi connectivity index (χ4n) is 2.98. The number of benzene rings is 2. The minimum Gasteiger partial charge on any atom is -0.486 e. The minimum atomic E-state index is 0.0437. The van der Waals surface area contributed by atoms with Gasteiger partial charge in [-0.2, -0.15) is 0 Å². The van der Waals surface area contributed by atoms with Gasteiger partial charge in [0.25, 0.3) is 5.91 Å². The highest BCUT2D eigenvalue weighted by Gasteiger charge is 2.23. The lowest BCUT2D eigenvalue weighted by molar-refractivity contribution is 0.0668. The van der Waals surface area contributed by atoms with E-state index in [1.165, 1.54) is 11.3 Å². The molecule has 0 aliphatic carbocycles. The first kappa shape index (κ1) is 21.3. The minimum absolute atomic E-state index is 0.0437. The third-order valence-electron chi connectivity index (χ3n) is 4.85. The van der Waals surface area contributed by atoms with Crippen LogP contribution in [0.15, 0.2) is 53.9 Å². The molecule has 1 heterocycles. The summed E-state index contributed by atoms with van der Waals surface area (Å²) in [6, 6.07) is 15.1. The average Bonchev–Trinajstić information content (AvgIpc) is 3.17. The van der Waals surface area contributed by atoms with Crippen molar-refractivity contribution in [2.45, 2.75) is 46.4 Å². The zero-order chi connectivity index (χ0) is 20.8. The number of nitrogens with zero attached hydrogens (tertiary/aromatic N) is 2. The second kappa shape index (κ2) is 9.90. The number of rotatable bonds is 8. The Morgan fingerprint density at radius 2 is 2.03 bits per heavy atom. The molecule has 0 radical (unpaired) electrons. The predicted molar refractivity (Wildman–Crippen MR) is 119 cm³/mol. The van der Waals surface area contributed by atoms with Crippen molar-refractivity contribution >= 4 is 28.8 Å². The number of ether oxygens (including phenoxy) is 1. The van der Waals surface area contributed by atoms with Crippen molar-refractivity contribution in [3.05, 3.63) is 80.8 Å². The van der Waals surface area contributed by atoms with Crippen LogP contribution >= 0.6 is 22.9 Å². The molecule has 4 nitrogen and oxygen atoms in total. The molecule has 0 aliphatic rings. The van der Waals surface area contributed by atoms with E-state index in [9.17, 15) is 4.79 Å². The van der Waals surface area contributed by atoms with E-state index in [4.69, 9.17) is 16.3 Å². The molecule has 2 aromatic carbocycles. The number of hydrogen-bond donors (Lipinski definition) is 0. The van der Waals surface area contributed by atoms with E-state index in [2.05, 4.69) is 18.8 Å². The monoisotopic (exact) mass is 428 g/mol. The Labute approximate surface area is 181 Å². The summed E-state index contributed by atoms with van der Waals surface area (Å²) in [6.07, 6.45) is 0.881. The average molecular weight is 429 g/mol. The number of amides is 1. The molecule has 1 atom stereocenters. The van der Waals surface area contributed by atoms with Crippen LogP contribution in [0.25, 0.3) is 0 Å². The van der Waals surface area contributed by atoms with Crippen molar-refractivity contribution in [3.63, 3.8) is 0 Å². The van der Waals surface area contributed by atoms with E-state index >= 15 is 0 Å². The van der Waals surface area contributed by atoms with Gasteiger partial charge in [-0.25, -0.2) is 4.98 Å². The first-order chi connectivity index (χ1) is 14.0. The highest BCUT2D eigenvalue weighted by atomic mass is 35.5. The van der Waals surface area contributed by atoms with Crippen molar-refractivity contribution in [1.82, 2.24) is 9.88 Å². The van der Waals surface area contributed by atoms with Gasteiger partial charge in [0, 0.05) is 22.0 Å². The van der Waals surface area contributed by atoms with Gasteiger partial charge in [0.05, 0.1) is 12.2 Å². The van der Waals surface area contributed by atoms with E-state index in [0.717, 1.165) is 28.2 Å². The van der Waals surface area contributed by atoms with E-state index in [1.807, 2.05) is 59.7 Å². The molecule has 0 N–H and O–H groups in total. The van der Waals surface area contributed by atoms with Crippen LogP contribution in [-0.2, 0) is 13.2 Å². The third kappa shape index (κ3) is 5.58. The van der Waals surface area contributed by atoms with E-state index in [-0.39, 0.29) is 11.9 Å². The van der Waals surface area contributed by atoms with E-state index in [1.54, 1.807) is 6.07 Å². The lowest BCUT2D eigenvalue weighted by atomic mass is 10.1. The van der Waals surface area contributed by atoms with Crippen molar-refractivity contribution in [2.75, 3.05) is 0 Å². The van der Waals surface area contributed by atoms with Crippen LogP contribution in [0.4, 0.5) is 0 Å². The van der Waals surface area contributed by atoms with Gasteiger partial charge in [0.1, 0.15) is 17.4 Å². The van der Waals surface area contributed by atoms with Gasteiger partial charge in [0.15, 0.2) is 0 Å². The zero-order valence-corrected chi connectivity index (χ0v) is 18.5. The van der Waals surface area contributed by atoms with Crippen LogP contribution in [0, 0.1) is 6.92 Å². The molecular weight excluding hydrogens is 404 g/mol. The zero-order valence-electron chi connectivity index (χ0n) is 16.9. The SMILES string of the molecule is CCC(C)N(Cc1csc(COc2cccc(Cl)c2)n1)C(=O)c1ccccc1C. The number of carbonyl (C=O) groups excluding carboxylic acids is 1. The topological polar surface area (TPSA) is 42.4 Å². The highest BCUT2D eigenvalue weighted by Crippen LogP contribution is 2.21. The second-order valence-electron chi connectivity index (χ2n) is 6.98. The standard InChI is InChI=1S/C23H25ClN2O2S/c1-4-17(3)26(23(27)21-11-6-5-8-16(21)2)13-19-15-29-22(25-19)14-28-20-10-7-9-18(24)12-20/h5-12,15,17H,4,13-14H2,1-3H3. The molecule has 0 fully saturated rings. The molecule has 0 aliphatic heterocycles. The van der Waals surface area contributed by atoms with Gasteiger partial charge >= 0.3 is 0 Å². The quantitative estimate of drug-likeness (QED) is 0.433. The maximum absolute atomic E-state index is 13.2. The maximum atomic E-state index is 13.2. The largest absolute Gasteiger partial charge is 0.486 e. The summed E-state index contributed by atoms with van der Waals surface area (Å²) in [7, 11) is 0. The Morgan fingerprint density at radius 3 is 2.76 bits per heavy atom. The Bertz CT molecular complexity index is 973. The Balaban J connectivity index is 1.70. The summed E-state index contributed by atoms with van der Waals surface area (Å²) in [5.74, 6) is 0.757. The fourth-order valence-corrected chi connectivity index (χ4v) is 3.86. The van der Waals surface area contributed by atoms with Crippen molar-refractivity contribution in [3.8, 4) is 5.75 Å². The van der Waals surface area contributed by atoms with Crippen molar-refractivity contribution in [2.24, 2.45) is 0 Å². The number of aryl methyl sites for hydroxylation is 1. The van der Waals surface area contributed by atoms with E-state index < -0.39 is 0 Å². The van der Waals surface area contributed by atoms with Crippen molar-refractivity contribution in [1.29, 1.82) is 0 Å². The number of carbonyl (C=O) groups is 1. The summed E-state index contributed by atoms with van der Waals surface area (Å²) >= 11 is 7.53. The second-order valence-corrected chi connectivity index (χ2v) is 8.36. The predicted octanol–water partition coefficient (Wildman–Crippen LogP) is 6.12. The first-order valence-corrected chi connectivity index (χ1v) is 10.9. The smallest absolute Gasteiger partial charge is 0.254 e. The summed E-state index contributed by atoms with van der Waals surface area (Å²) in [6.45, 7) is 6.99. The Kier molecular flexibility index (Phi) is 7.29. The van der Waals surface area contributed by atoms with Crippen LogP contribution in [0.1, 0.15) is 46.9 Å².